The fourth-order valence-electron chi connectivity index (χ4n) is 2.48. The van der Waals surface area contributed by atoms with Crippen LogP contribution in [-0.4, -0.2) is 31.1 Å². The zero-order valence-corrected chi connectivity index (χ0v) is 11.4. The van der Waals surface area contributed by atoms with Crippen LogP contribution in [0.5, 0.6) is 5.75 Å². The molecule has 1 heterocycles. The Morgan fingerprint density at radius 2 is 2.06 bits per heavy atom. The smallest absolute Gasteiger partial charge is 0.246 e. The lowest BCUT2D eigenvalue weighted by molar-refractivity contribution is -0.125. The fourth-order valence-corrected chi connectivity index (χ4v) is 2.48. The highest BCUT2D eigenvalue weighted by Gasteiger charge is 2.39. The van der Waals surface area contributed by atoms with Crippen LogP contribution in [0, 0.1) is 0 Å². The molecule has 0 radical (unpaired) electrons. The quantitative estimate of drug-likeness (QED) is 0.867. The van der Waals surface area contributed by atoms with Gasteiger partial charge in [0.2, 0.25) is 5.91 Å². The van der Waals surface area contributed by atoms with Gasteiger partial charge in [-0.25, -0.2) is 0 Å². The molecule has 1 saturated heterocycles. The Morgan fingerprint density at radius 3 is 2.72 bits per heavy atom. The van der Waals surface area contributed by atoms with E-state index in [1.54, 1.807) is 12.0 Å². The number of rotatable bonds is 2. The molecular formula is C14H20N2O2. The van der Waals surface area contributed by atoms with Crippen LogP contribution in [0.25, 0.3) is 0 Å². The van der Waals surface area contributed by atoms with Gasteiger partial charge in [-0.3, -0.25) is 10.1 Å². The summed E-state index contributed by atoms with van der Waals surface area (Å²) in [6.45, 7) is 6.56. The minimum Gasteiger partial charge on any atom is -0.495 e. The molecule has 0 aromatic heterocycles. The van der Waals surface area contributed by atoms with Gasteiger partial charge in [0.25, 0.3) is 0 Å². The van der Waals surface area contributed by atoms with Crippen LogP contribution >= 0.6 is 0 Å². The number of methoxy groups -OCH3 is 1. The first-order valence-electron chi connectivity index (χ1n) is 6.18. The van der Waals surface area contributed by atoms with Crippen LogP contribution in [0.1, 0.15) is 20.8 Å². The number of nitrogens with zero attached hydrogens (tertiary/aromatic N) is 1. The van der Waals surface area contributed by atoms with Gasteiger partial charge in [0.1, 0.15) is 5.75 Å². The molecule has 0 spiro atoms. The minimum atomic E-state index is -0.543. The molecule has 1 aromatic rings. The normalized spacial score (nSPS) is 23.0. The number of benzene rings is 1. The van der Waals surface area contributed by atoms with Crippen LogP contribution in [0.15, 0.2) is 24.3 Å². The van der Waals surface area contributed by atoms with Gasteiger partial charge in [0.15, 0.2) is 0 Å². The first-order chi connectivity index (χ1) is 8.45. The van der Waals surface area contributed by atoms with Crippen molar-refractivity contribution in [1.29, 1.82) is 0 Å². The zero-order chi connectivity index (χ0) is 13.3. The number of para-hydroxylation sites is 2. The highest BCUT2D eigenvalue weighted by atomic mass is 16.5. The van der Waals surface area contributed by atoms with Gasteiger partial charge in [0, 0.05) is 12.6 Å². The van der Waals surface area contributed by atoms with Crippen LogP contribution in [0.4, 0.5) is 5.69 Å². The lowest BCUT2D eigenvalue weighted by Crippen LogP contribution is -2.65. The molecule has 4 nitrogen and oxygen atoms in total. The molecule has 1 N–H and O–H groups in total. The number of amides is 1. The maximum Gasteiger partial charge on any atom is 0.246 e. The zero-order valence-electron chi connectivity index (χ0n) is 11.4. The Kier molecular flexibility index (Phi) is 3.30. The van der Waals surface area contributed by atoms with Crippen molar-refractivity contribution < 1.29 is 9.53 Å². The second-order valence-corrected chi connectivity index (χ2v) is 5.26. The number of hydrogen-bond donors (Lipinski definition) is 1. The van der Waals surface area contributed by atoms with Crippen LogP contribution in [0.3, 0.4) is 0 Å². The molecule has 1 atom stereocenters. The SMILES string of the molecule is COc1ccccc1N1CC(C)NC(C)(C)C1=O. The molecule has 1 aromatic carbocycles. The Balaban J connectivity index is 2.40. The second-order valence-electron chi connectivity index (χ2n) is 5.26. The number of anilines is 1. The lowest BCUT2D eigenvalue weighted by atomic mass is 9.97. The Bertz CT molecular complexity index is 457. The first-order valence-corrected chi connectivity index (χ1v) is 6.18. The van der Waals surface area contributed by atoms with Crippen LogP contribution in [0.2, 0.25) is 0 Å². The van der Waals surface area contributed by atoms with E-state index in [1.807, 2.05) is 38.1 Å². The topological polar surface area (TPSA) is 41.6 Å². The van der Waals surface area contributed by atoms with E-state index in [9.17, 15) is 4.79 Å². The molecule has 1 fully saturated rings. The average Bonchev–Trinajstić information content (AvgIpc) is 2.33. The average molecular weight is 248 g/mol. The van der Waals surface area contributed by atoms with Gasteiger partial charge in [-0.2, -0.15) is 0 Å². The summed E-state index contributed by atoms with van der Waals surface area (Å²) >= 11 is 0. The predicted octanol–water partition coefficient (Wildman–Crippen LogP) is 1.80. The van der Waals surface area contributed by atoms with Gasteiger partial charge in [0.05, 0.1) is 18.3 Å². The summed E-state index contributed by atoms with van der Waals surface area (Å²) in [5.41, 5.74) is 0.296. The van der Waals surface area contributed by atoms with E-state index in [-0.39, 0.29) is 11.9 Å². The largest absolute Gasteiger partial charge is 0.495 e. The summed E-state index contributed by atoms with van der Waals surface area (Å²) in [4.78, 5) is 14.3. The van der Waals surface area contributed by atoms with Gasteiger partial charge < -0.3 is 9.64 Å². The third-order valence-corrected chi connectivity index (χ3v) is 3.22. The molecular weight excluding hydrogens is 228 g/mol. The molecule has 4 heteroatoms. The van der Waals surface area contributed by atoms with Crippen molar-refractivity contribution in [2.75, 3.05) is 18.6 Å². The third-order valence-electron chi connectivity index (χ3n) is 3.22. The molecule has 1 aliphatic rings. The standard InChI is InChI=1S/C14H20N2O2/c1-10-9-16(13(17)14(2,3)15-10)11-7-5-6-8-12(11)18-4/h5-8,10,15H,9H2,1-4H3. The van der Waals surface area contributed by atoms with Crippen molar-refractivity contribution in [3.63, 3.8) is 0 Å². The first kappa shape index (κ1) is 12.9. The molecule has 1 amide bonds. The van der Waals surface area contributed by atoms with E-state index in [0.29, 0.717) is 6.54 Å². The summed E-state index contributed by atoms with van der Waals surface area (Å²) in [7, 11) is 1.63. The summed E-state index contributed by atoms with van der Waals surface area (Å²) < 4.78 is 5.34. The Morgan fingerprint density at radius 1 is 1.39 bits per heavy atom. The van der Waals surface area contributed by atoms with E-state index >= 15 is 0 Å². The van der Waals surface area contributed by atoms with E-state index < -0.39 is 5.54 Å². The molecule has 0 bridgehead atoms. The van der Waals surface area contributed by atoms with Gasteiger partial charge in [-0.1, -0.05) is 12.1 Å². The number of piperazine rings is 1. The number of hydrogen-bond acceptors (Lipinski definition) is 3. The predicted molar refractivity (Wildman–Crippen MR) is 72.0 cm³/mol. The maximum absolute atomic E-state index is 12.5. The van der Waals surface area contributed by atoms with Crippen LogP contribution < -0.4 is 15.0 Å². The monoisotopic (exact) mass is 248 g/mol. The van der Waals surface area contributed by atoms with Crippen molar-refractivity contribution in [3.8, 4) is 5.75 Å². The number of ether oxygens (including phenoxy) is 1. The molecule has 98 valence electrons. The van der Waals surface area contributed by atoms with Gasteiger partial charge in [-0.15, -0.1) is 0 Å². The van der Waals surface area contributed by atoms with Crippen molar-refractivity contribution in [1.82, 2.24) is 5.32 Å². The fraction of sp³-hybridized carbons (Fsp3) is 0.500. The maximum atomic E-state index is 12.5. The van der Waals surface area contributed by atoms with Crippen molar-refractivity contribution in [3.05, 3.63) is 24.3 Å². The molecule has 1 aliphatic heterocycles. The summed E-state index contributed by atoms with van der Waals surface area (Å²) in [6, 6.07) is 7.88. The molecule has 0 saturated carbocycles. The number of carbonyl (C=O) groups is 1. The number of carbonyl (C=O) groups excluding carboxylic acids is 1. The van der Waals surface area contributed by atoms with E-state index in [2.05, 4.69) is 12.2 Å². The Hall–Kier alpha value is -1.55. The van der Waals surface area contributed by atoms with E-state index in [1.165, 1.54) is 0 Å². The number of nitrogens with one attached hydrogen (secondary N) is 1. The summed E-state index contributed by atoms with van der Waals surface area (Å²) in [5.74, 6) is 0.806. The van der Waals surface area contributed by atoms with Gasteiger partial charge in [-0.05, 0) is 32.9 Å². The second kappa shape index (κ2) is 4.61. The van der Waals surface area contributed by atoms with Crippen molar-refractivity contribution in [2.45, 2.75) is 32.4 Å². The molecule has 0 aliphatic carbocycles. The Labute approximate surface area is 108 Å². The molecule has 18 heavy (non-hydrogen) atoms. The van der Waals surface area contributed by atoms with E-state index in [0.717, 1.165) is 11.4 Å². The lowest BCUT2D eigenvalue weighted by Gasteiger charge is -2.42. The molecule has 1 unspecified atom stereocenters. The highest BCUT2D eigenvalue weighted by molar-refractivity contribution is 6.01. The van der Waals surface area contributed by atoms with Gasteiger partial charge >= 0.3 is 0 Å². The summed E-state index contributed by atoms with van der Waals surface area (Å²) in [5, 5.41) is 3.31. The molecule has 2 rings (SSSR count). The minimum absolute atomic E-state index is 0.0742. The van der Waals surface area contributed by atoms with Crippen LogP contribution in [-0.2, 0) is 4.79 Å². The summed E-state index contributed by atoms with van der Waals surface area (Å²) in [6.07, 6.45) is 0. The van der Waals surface area contributed by atoms with Crippen molar-refractivity contribution in [2.24, 2.45) is 0 Å². The highest BCUT2D eigenvalue weighted by Crippen LogP contribution is 2.31. The third kappa shape index (κ3) is 2.20. The van der Waals surface area contributed by atoms with E-state index in [4.69, 9.17) is 4.74 Å². The van der Waals surface area contributed by atoms with Crippen molar-refractivity contribution >= 4 is 11.6 Å².